The van der Waals surface area contributed by atoms with Gasteiger partial charge in [-0.15, -0.1) is 10.2 Å². The Kier molecular flexibility index (Phi) is 6.50. The lowest BCUT2D eigenvalue weighted by atomic mass is 9.98. The van der Waals surface area contributed by atoms with Crippen molar-refractivity contribution in [3.8, 4) is 22.5 Å². The fourth-order valence-corrected chi connectivity index (χ4v) is 3.68. The molecule has 0 aliphatic rings. The molecular weight excluding hydrogens is 386 g/mol. The number of aromatic amines is 1. The van der Waals surface area contributed by atoms with Crippen molar-refractivity contribution in [1.82, 2.24) is 35.4 Å². The molecule has 7 heteroatoms. The zero-order chi connectivity index (χ0) is 21.6. The van der Waals surface area contributed by atoms with E-state index < -0.39 is 0 Å². The average Bonchev–Trinajstić information content (AvgIpc) is 3.43. The molecule has 0 amide bonds. The van der Waals surface area contributed by atoms with Crippen LogP contribution in [-0.4, -0.2) is 35.4 Å². The second kappa shape index (κ2) is 9.64. The Bertz CT molecular complexity index is 1100. The topological polar surface area (TPSA) is 85.2 Å². The molecule has 4 aromatic rings. The largest absolute Gasteiger partial charge is 0.249 e. The summed E-state index contributed by atoms with van der Waals surface area (Å²) in [6, 6.07) is 16.7. The fraction of sp³-hybridized carbons (Fsp3) is 0.375. The van der Waals surface area contributed by atoms with Gasteiger partial charge in [0.25, 0.3) is 0 Å². The van der Waals surface area contributed by atoms with E-state index in [0.29, 0.717) is 11.7 Å². The number of H-pyrrole nitrogens is 1. The highest BCUT2D eigenvalue weighted by atomic mass is 15.5. The monoisotopic (exact) mass is 415 g/mol. The van der Waals surface area contributed by atoms with E-state index in [2.05, 4.69) is 76.4 Å². The number of hydrogen-bond donors (Lipinski definition) is 1. The number of nitrogens with zero attached hydrogens (tertiary/aromatic N) is 6. The van der Waals surface area contributed by atoms with Gasteiger partial charge in [0.1, 0.15) is 5.82 Å². The number of benzene rings is 2. The number of aromatic nitrogens is 7. The van der Waals surface area contributed by atoms with Crippen LogP contribution < -0.4 is 0 Å². The number of nitrogens with one attached hydrogen (secondary N) is 1. The normalized spacial score (nSPS) is 11.4. The summed E-state index contributed by atoms with van der Waals surface area (Å²) in [6.45, 7) is 7.52. The van der Waals surface area contributed by atoms with Crippen molar-refractivity contribution in [1.29, 1.82) is 0 Å². The Morgan fingerprint density at radius 1 is 1.00 bits per heavy atom. The smallest absolute Gasteiger partial charge is 0.205 e. The molecule has 0 saturated carbocycles. The lowest BCUT2D eigenvalue weighted by molar-refractivity contribution is 0.466. The maximum atomic E-state index is 4.85. The molecule has 0 radical (unpaired) electrons. The van der Waals surface area contributed by atoms with Crippen LogP contribution in [0, 0.1) is 5.92 Å². The minimum absolute atomic E-state index is 0.531. The van der Waals surface area contributed by atoms with Crippen molar-refractivity contribution < 1.29 is 0 Å². The molecule has 0 spiro atoms. The van der Waals surface area contributed by atoms with Crippen LogP contribution in [0.5, 0.6) is 0 Å². The van der Waals surface area contributed by atoms with E-state index >= 15 is 0 Å². The Morgan fingerprint density at radius 3 is 2.45 bits per heavy atom. The third-order valence-corrected chi connectivity index (χ3v) is 5.22. The molecule has 2 heterocycles. The minimum Gasteiger partial charge on any atom is -0.249 e. The number of tetrazole rings is 1. The minimum atomic E-state index is 0.531. The first kappa shape index (κ1) is 20.9. The van der Waals surface area contributed by atoms with Gasteiger partial charge in [-0.25, -0.2) is 9.67 Å². The number of aryl methyl sites for hydroxylation is 1. The second-order valence-corrected chi connectivity index (χ2v) is 8.28. The van der Waals surface area contributed by atoms with Gasteiger partial charge in [-0.05, 0) is 34.2 Å². The molecule has 0 unspecified atom stereocenters. The van der Waals surface area contributed by atoms with Gasteiger partial charge < -0.3 is 0 Å². The molecule has 0 fully saturated rings. The lowest BCUT2D eigenvalue weighted by Gasteiger charge is -2.10. The summed E-state index contributed by atoms with van der Waals surface area (Å²) in [5.41, 5.74) is 4.39. The Hall–Kier alpha value is -3.35. The zero-order valence-electron chi connectivity index (χ0n) is 18.4. The van der Waals surface area contributed by atoms with Gasteiger partial charge in [0, 0.05) is 24.9 Å². The van der Waals surface area contributed by atoms with Crippen molar-refractivity contribution in [2.45, 2.75) is 53.0 Å². The molecule has 0 aliphatic heterocycles. The molecule has 2 aromatic heterocycles. The first-order valence-electron chi connectivity index (χ1n) is 11.0. The van der Waals surface area contributed by atoms with Crippen LogP contribution in [0.3, 0.4) is 0 Å². The van der Waals surface area contributed by atoms with E-state index in [1.54, 1.807) is 0 Å². The number of unbranched alkanes of at least 4 members (excludes halogenated alkanes) is 1. The quantitative estimate of drug-likeness (QED) is 0.428. The molecule has 0 saturated heterocycles. The summed E-state index contributed by atoms with van der Waals surface area (Å²) in [6.07, 6.45) is 4.00. The van der Waals surface area contributed by atoms with E-state index in [-0.39, 0.29) is 0 Å². The van der Waals surface area contributed by atoms with Gasteiger partial charge >= 0.3 is 0 Å². The van der Waals surface area contributed by atoms with Crippen LogP contribution in [0.15, 0.2) is 48.5 Å². The van der Waals surface area contributed by atoms with Gasteiger partial charge in [0.2, 0.25) is 5.82 Å². The van der Waals surface area contributed by atoms with Gasteiger partial charge in [0.15, 0.2) is 5.82 Å². The molecule has 0 atom stereocenters. The van der Waals surface area contributed by atoms with E-state index in [0.717, 1.165) is 60.6 Å². The predicted octanol–water partition coefficient (Wildman–Crippen LogP) is 4.71. The molecule has 0 aliphatic carbocycles. The van der Waals surface area contributed by atoms with E-state index in [4.69, 9.17) is 10.1 Å². The predicted molar refractivity (Wildman–Crippen MR) is 121 cm³/mol. The first-order valence-corrected chi connectivity index (χ1v) is 11.0. The summed E-state index contributed by atoms with van der Waals surface area (Å²) in [7, 11) is 0. The lowest BCUT2D eigenvalue weighted by Crippen LogP contribution is -2.10. The maximum Gasteiger partial charge on any atom is 0.205 e. The number of hydrogen-bond acceptors (Lipinski definition) is 5. The van der Waals surface area contributed by atoms with Crippen LogP contribution in [0.25, 0.3) is 22.5 Å². The van der Waals surface area contributed by atoms with Gasteiger partial charge in [0.05, 0.1) is 0 Å². The first-order chi connectivity index (χ1) is 15.1. The summed E-state index contributed by atoms with van der Waals surface area (Å²) >= 11 is 0. The summed E-state index contributed by atoms with van der Waals surface area (Å²) in [5, 5.41) is 19.3. The fourth-order valence-electron chi connectivity index (χ4n) is 3.68. The van der Waals surface area contributed by atoms with Crippen molar-refractivity contribution in [2.75, 3.05) is 0 Å². The van der Waals surface area contributed by atoms with Crippen LogP contribution in [0.4, 0.5) is 0 Å². The highest BCUT2D eigenvalue weighted by Crippen LogP contribution is 2.30. The molecule has 7 nitrogen and oxygen atoms in total. The average molecular weight is 416 g/mol. The number of rotatable bonds is 9. The van der Waals surface area contributed by atoms with Crippen LogP contribution in [-0.2, 0) is 19.4 Å². The molecular formula is C24H29N7. The third-order valence-electron chi connectivity index (χ3n) is 5.22. The molecule has 1 N–H and O–H groups in total. The highest BCUT2D eigenvalue weighted by Gasteiger charge is 2.13. The van der Waals surface area contributed by atoms with Crippen LogP contribution in [0.1, 0.15) is 50.8 Å². The zero-order valence-corrected chi connectivity index (χ0v) is 18.4. The van der Waals surface area contributed by atoms with Crippen molar-refractivity contribution in [2.24, 2.45) is 5.92 Å². The molecule has 4 rings (SSSR count). The van der Waals surface area contributed by atoms with Crippen molar-refractivity contribution >= 4 is 0 Å². The van der Waals surface area contributed by atoms with E-state index in [9.17, 15) is 0 Å². The molecule has 0 bridgehead atoms. The van der Waals surface area contributed by atoms with Crippen molar-refractivity contribution in [3.05, 3.63) is 65.7 Å². The Morgan fingerprint density at radius 2 is 1.77 bits per heavy atom. The van der Waals surface area contributed by atoms with Gasteiger partial charge in [-0.3, -0.25) is 0 Å². The third kappa shape index (κ3) is 5.05. The Labute approximate surface area is 182 Å². The second-order valence-electron chi connectivity index (χ2n) is 8.28. The van der Waals surface area contributed by atoms with Crippen molar-refractivity contribution in [3.63, 3.8) is 0 Å². The summed E-state index contributed by atoms with van der Waals surface area (Å²) < 4.78 is 2.09. The standard InChI is InChI=1S/C24H29N7/c1-4-5-10-22-25-23(31(28-22)16-17(2)3)15-18-11-13-19(14-12-18)20-8-6-7-9-21(20)24-26-29-30-27-24/h6-9,11-14,17H,4-5,10,15-16H2,1-3H3,(H,26,27,29,30). The van der Waals surface area contributed by atoms with E-state index in [1.807, 2.05) is 18.2 Å². The molecule has 31 heavy (non-hydrogen) atoms. The van der Waals surface area contributed by atoms with Gasteiger partial charge in [-0.2, -0.15) is 10.3 Å². The van der Waals surface area contributed by atoms with Crippen LogP contribution >= 0.6 is 0 Å². The van der Waals surface area contributed by atoms with E-state index in [1.165, 1.54) is 5.56 Å². The summed E-state index contributed by atoms with van der Waals surface area (Å²) in [5.74, 6) is 3.13. The van der Waals surface area contributed by atoms with Gasteiger partial charge in [-0.1, -0.05) is 75.7 Å². The molecule has 2 aromatic carbocycles. The highest BCUT2D eigenvalue weighted by molar-refractivity contribution is 5.80. The molecule has 160 valence electrons. The van der Waals surface area contributed by atoms with Crippen LogP contribution in [0.2, 0.25) is 0 Å². The Balaban J connectivity index is 1.57. The SMILES string of the molecule is CCCCc1nc(Cc2ccc(-c3ccccc3-c3nn[nH]n3)cc2)n(CC(C)C)n1. The maximum absolute atomic E-state index is 4.85. The summed E-state index contributed by atoms with van der Waals surface area (Å²) in [4.78, 5) is 4.85.